The van der Waals surface area contributed by atoms with Crippen LogP contribution in [0.1, 0.15) is 79.9 Å². The molecule has 0 unspecified atom stereocenters. The molecule has 0 radical (unpaired) electrons. The van der Waals surface area contributed by atoms with Crippen molar-refractivity contribution in [3.8, 4) is 16.8 Å². The first kappa shape index (κ1) is 35.7. The number of aromatic nitrogens is 6. The number of hydrogen-bond donors (Lipinski definition) is 1. The molecule has 288 valence electrons. The number of nitrogens with one attached hydrogen (secondary N) is 1. The van der Waals surface area contributed by atoms with Gasteiger partial charge in [-0.25, -0.2) is 14.3 Å². The Bertz CT molecular complexity index is 2570. The number of benzene rings is 2. The lowest BCUT2D eigenvalue weighted by Gasteiger charge is -2.30. The van der Waals surface area contributed by atoms with Crippen molar-refractivity contribution < 1.29 is 14.1 Å². The number of aromatic amines is 1. The average molecular weight is 754 g/mol. The summed E-state index contributed by atoms with van der Waals surface area (Å²) < 4.78 is 8.99. The van der Waals surface area contributed by atoms with E-state index >= 15 is 4.79 Å². The van der Waals surface area contributed by atoms with Crippen LogP contribution >= 0.6 is 0 Å². The van der Waals surface area contributed by atoms with Gasteiger partial charge in [0.05, 0.1) is 17.9 Å². The van der Waals surface area contributed by atoms with Crippen molar-refractivity contribution in [1.82, 2.24) is 39.3 Å². The van der Waals surface area contributed by atoms with Crippen molar-refractivity contribution in [3.05, 3.63) is 111 Å². The number of para-hydroxylation sites is 1. The molecule has 3 amide bonds. The zero-order chi connectivity index (χ0) is 39.1. The third-order valence-electron chi connectivity index (χ3n) is 11.8. The van der Waals surface area contributed by atoms with Gasteiger partial charge in [-0.2, -0.15) is 5.10 Å². The summed E-state index contributed by atoms with van der Waals surface area (Å²) in [5.41, 5.74) is 7.46. The van der Waals surface area contributed by atoms with E-state index in [4.69, 9.17) is 9.62 Å². The fraction of sp³-hybridized carbons (Fsp3) is 0.395. The van der Waals surface area contributed by atoms with Crippen LogP contribution in [0, 0.1) is 18.3 Å². The maximum atomic E-state index is 15.2. The van der Waals surface area contributed by atoms with Crippen LogP contribution in [-0.2, 0) is 24.9 Å². The van der Waals surface area contributed by atoms with Crippen LogP contribution < -0.4 is 10.7 Å². The molecule has 0 spiro atoms. The molecule has 56 heavy (non-hydrogen) atoms. The zero-order valence-electron chi connectivity index (χ0n) is 32.8. The van der Waals surface area contributed by atoms with E-state index < -0.39 is 11.3 Å². The van der Waals surface area contributed by atoms with E-state index in [0.29, 0.717) is 56.4 Å². The summed E-state index contributed by atoms with van der Waals surface area (Å²) in [5.74, 6) is 0.408. The van der Waals surface area contributed by atoms with Gasteiger partial charge in [0.1, 0.15) is 17.1 Å². The molecule has 1 aliphatic carbocycles. The van der Waals surface area contributed by atoms with Gasteiger partial charge >= 0.3 is 11.8 Å². The highest BCUT2D eigenvalue weighted by molar-refractivity contribution is 6.01. The SMILES string of the molecule is CCc1nccc(-c2ccc3c(c2)cc(C(=O)N2CCc4nn(-c5ccccc5)c(N5CCN(CC(C)(C)C)C5=O)c4C2)n3[C@@]2(c3noc(=O)[nH]3)C[C@@H]2C)c1C. The molecule has 13 nitrogen and oxygen atoms in total. The van der Waals surface area contributed by atoms with E-state index in [9.17, 15) is 9.59 Å². The van der Waals surface area contributed by atoms with Crippen molar-refractivity contribution >= 4 is 28.7 Å². The molecule has 6 heterocycles. The number of anilines is 1. The van der Waals surface area contributed by atoms with Gasteiger partial charge < -0.3 is 14.4 Å². The third kappa shape index (κ3) is 5.74. The Morgan fingerprint density at radius 2 is 1.82 bits per heavy atom. The van der Waals surface area contributed by atoms with Crippen LogP contribution in [0.25, 0.3) is 27.7 Å². The molecule has 0 bridgehead atoms. The number of hydrogen-bond acceptors (Lipinski definition) is 7. The summed E-state index contributed by atoms with van der Waals surface area (Å²) in [4.78, 5) is 54.6. The molecule has 1 saturated carbocycles. The number of nitrogens with zero attached hydrogens (tertiary/aromatic N) is 8. The van der Waals surface area contributed by atoms with Gasteiger partial charge in [-0.15, -0.1) is 0 Å². The summed E-state index contributed by atoms with van der Waals surface area (Å²) in [6, 6.07) is 20.1. The molecule has 2 fully saturated rings. The summed E-state index contributed by atoms with van der Waals surface area (Å²) in [6.07, 6.45) is 3.89. The third-order valence-corrected chi connectivity index (χ3v) is 11.8. The number of H-pyrrole nitrogens is 1. The molecule has 2 aliphatic heterocycles. The molecule has 3 aliphatic rings. The molecular weight excluding hydrogens is 707 g/mol. The van der Waals surface area contributed by atoms with Crippen LogP contribution in [0.15, 0.2) is 76.2 Å². The highest BCUT2D eigenvalue weighted by Gasteiger charge is 2.59. The van der Waals surface area contributed by atoms with Crippen molar-refractivity contribution in [3.63, 3.8) is 0 Å². The largest absolute Gasteiger partial charge is 0.438 e. The number of rotatable bonds is 8. The highest BCUT2D eigenvalue weighted by Crippen LogP contribution is 2.56. The first-order valence-electron chi connectivity index (χ1n) is 19.6. The van der Waals surface area contributed by atoms with Gasteiger partial charge in [0.25, 0.3) is 5.91 Å². The first-order chi connectivity index (χ1) is 26.9. The highest BCUT2D eigenvalue weighted by atomic mass is 16.5. The molecule has 13 heteroatoms. The van der Waals surface area contributed by atoms with E-state index in [1.165, 1.54) is 0 Å². The van der Waals surface area contributed by atoms with E-state index in [2.05, 4.69) is 79.4 Å². The number of carbonyl (C=O) groups excluding carboxylic acids is 2. The van der Waals surface area contributed by atoms with E-state index in [1.807, 2.05) is 68.0 Å². The first-order valence-corrected chi connectivity index (χ1v) is 19.6. The minimum absolute atomic E-state index is 0.0547. The number of amides is 3. The van der Waals surface area contributed by atoms with Gasteiger partial charge in [-0.05, 0) is 84.2 Å². The number of fused-ring (bicyclic) bond motifs is 2. The molecular formula is C43H47N9O4. The Balaban J connectivity index is 1.15. The van der Waals surface area contributed by atoms with Gasteiger partial charge in [-0.3, -0.25) is 24.2 Å². The fourth-order valence-electron chi connectivity index (χ4n) is 9.01. The molecule has 6 aromatic rings. The predicted molar refractivity (Wildman–Crippen MR) is 213 cm³/mol. The quantitative estimate of drug-likeness (QED) is 0.183. The van der Waals surface area contributed by atoms with Gasteiger partial charge in [-0.1, -0.05) is 64.0 Å². The van der Waals surface area contributed by atoms with E-state index in [1.54, 1.807) is 0 Å². The van der Waals surface area contributed by atoms with Crippen LogP contribution in [0.2, 0.25) is 0 Å². The van der Waals surface area contributed by atoms with E-state index in [-0.39, 0.29) is 29.8 Å². The molecule has 4 aromatic heterocycles. The average Bonchev–Trinajstić information content (AvgIpc) is 3.64. The van der Waals surface area contributed by atoms with E-state index in [0.717, 1.165) is 56.7 Å². The normalized spacial score (nSPS) is 19.6. The molecule has 9 rings (SSSR count). The maximum Gasteiger partial charge on any atom is 0.438 e. The lowest BCUT2D eigenvalue weighted by atomic mass is 9.96. The molecule has 2 atom stereocenters. The minimum Gasteiger partial charge on any atom is -0.332 e. The van der Waals surface area contributed by atoms with Gasteiger partial charge in [0.2, 0.25) is 0 Å². The second-order valence-corrected chi connectivity index (χ2v) is 16.8. The topological polar surface area (TPSA) is 138 Å². The second-order valence-electron chi connectivity index (χ2n) is 16.8. The van der Waals surface area contributed by atoms with Crippen LogP contribution in [0.3, 0.4) is 0 Å². The Morgan fingerprint density at radius 3 is 2.52 bits per heavy atom. The summed E-state index contributed by atoms with van der Waals surface area (Å²) in [7, 11) is 0. The van der Waals surface area contributed by atoms with Crippen molar-refractivity contribution in [1.29, 1.82) is 0 Å². The Labute approximate surface area is 324 Å². The summed E-state index contributed by atoms with van der Waals surface area (Å²) >= 11 is 0. The van der Waals surface area contributed by atoms with Gasteiger partial charge in [0.15, 0.2) is 5.82 Å². The monoisotopic (exact) mass is 753 g/mol. The van der Waals surface area contributed by atoms with Crippen LogP contribution in [0.4, 0.5) is 10.6 Å². The van der Waals surface area contributed by atoms with Crippen molar-refractivity contribution in [2.24, 2.45) is 11.3 Å². The van der Waals surface area contributed by atoms with Crippen LogP contribution in [-0.4, -0.2) is 77.4 Å². The standard InChI is InChI=1S/C43H47N9O4/c1-7-33-27(3)31(15-17-44-33)28-13-14-35-29(21-28)22-36(51(35)43(23-26(43)2)39-45-40(54)56-47-39)38(53)48-18-16-34-32(24-48)37(52(46-34)30-11-9-8-10-12-30)50-20-19-49(41(50)55)25-42(4,5)6/h8-15,17,21-22,26H,7,16,18-20,23-25H2,1-6H3,(H,45,47,54)/t26-,43-/m0/s1. The van der Waals surface area contributed by atoms with Crippen LogP contribution in [0.5, 0.6) is 0 Å². The lowest BCUT2D eigenvalue weighted by Crippen LogP contribution is -2.40. The summed E-state index contributed by atoms with van der Waals surface area (Å²) in [5, 5.41) is 10.2. The van der Waals surface area contributed by atoms with Crippen molar-refractivity contribution in [2.45, 2.75) is 72.9 Å². The van der Waals surface area contributed by atoms with Gasteiger partial charge in [0, 0.05) is 61.0 Å². The minimum atomic E-state index is -0.773. The second kappa shape index (κ2) is 13.1. The number of carbonyl (C=O) groups is 2. The number of urea groups is 1. The smallest absolute Gasteiger partial charge is 0.332 e. The predicted octanol–water partition coefficient (Wildman–Crippen LogP) is 6.71. The maximum absolute atomic E-state index is 15.2. The lowest BCUT2D eigenvalue weighted by molar-refractivity contribution is 0.0721. The molecule has 2 aromatic carbocycles. The number of aryl methyl sites for hydroxylation is 1. The Hall–Kier alpha value is -5.98. The summed E-state index contributed by atoms with van der Waals surface area (Å²) in [6.45, 7) is 15.2. The molecule has 1 N–H and O–H groups in total. The molecule has 1 saturated heterocycles. The Morgan fingerprint density at radius 1 is 1.04 bits per heavy atom. The van der Waals surface area contributed by atoms with Crippen molar-refractivity contribution in [2.75, 3.05) is 31.1 Å². The zero-order valence-corrected chi connectivity index (χ0v) is 32.8. The number of pyridine rings is 1. The Kier molecular flexibility index (Phi) is 8.33. The fourth-order valence-corrected chi connectivity index (χ4v) is 9.01.